The van der Waals surface area contributed by atoms with Gasteiger partial charge in [-0.05, 0) is 29.9 Å². The molecule has 0 radical (unpaired) electrons. The molecule has 4 nitrogen and oxygen atoms in total. The van der Waals surface area contributed by atoms with Gasteiger partial charge in [-0.2, -0.15) is 0 Å². The second kappa shape index (κ2) is 3.86. The minimum absolute atomic E-state index is 0.247. The smallest absolute Gasteiger partial charge is 0.309 e. The van der Waals surface area contributed by atoms with Gasteiger partial charge in [-0.3, -0.25) is 4.79 Å². The summed E-state index contributed by atoms with van der Waals surface area (Å²) in [5, 5.41) is 0. The molecule has 1 aromatic carbocycles. The molecule has 15 heavy (non-hydrogen) atoms. The first-order valence-corrected chi connectivity index (χ1v) is 4.87. The lowest BCUT2D eigenvalue weighted by atomic mass is 10.1. The third kappa shape index (κ3) is 2.07. The van der Waals surface area contributed by atoms with Crippen LogP contribution in [-0.2, 0) is 16.0 Å². The van der Waals surface area contributed by atoms with Crippen LogP contribution in [0.1, 0.15) is 5.56 Å². The number of rotatable bonds is 2. The molecule has 0 aliphatic carbocycles. The Hall–Kier alpha value is -1.62. The molecular formula is C10H10N2O2S. The quantitative estimate of drug-likeness (QED) is 0.603. The molecule has 2 aromatic rings. The minimum atomic E-state index is -0.247. The lowest BCUT2D eigenvalue weighted by molar-refractivity contribution is -0.139. The van der Waals surface area contributed by atoms with Crippen molar-refractivity contribution >= 4 is 29.2 Å². The van der Waals surface area contributed by atoms with Gasteiger partial charge in [0.15, 0.2) is 4.77 Å². The van der Waals surface area contributed by atoms with E-state index in [4.69, 9.17) is 12.2 Å². The zero-order valence-electron chi connectivity index (χ0n) is 8.16. The van der Waals surface area contributed by atoms with Crippen molar-refractivity contribution in [2.45, 2.75) is 6.42 Å². The van der Waals surface area contributed by atoms with Crippen LogP contribution in [0.15, 0.2) is 18.2 Å². The van der Waals surface area contributed by atoms with E-state index in [0.29, 0.717) is 4.77 Å². The molecule has 0 aliphatic rings. The molecule has 1 aromatic heterocycles. The summed E-state index contributed by atoms with van der Waals surface area (Å²) in [4.78, 5) is 17.1. The average Bonchev–Trinajstić information content (AvgIpc) is 2.57. The number of hydrogen-bond acceptors (Lipinski definition) is 3. The van der Waals surface area contributed by atoms with E-state index < -0.39 is 0 Å². The Kier molecular flexibility index (Phi) is 2.55. The number of ether oxygens (including phenoxy) is 1. The molecule has 0 unspecified atom stereocenters. The van der Waals surface area contributed by atoms with Crippen molar-refractivity contribution in [3.63, 3.8) is 0 Å². The highest BCUT2D eigenvalue weighted by molar-refractivity contribution is 7.71. The van der Waals surface area contributed by atoms with Gasteiger partial charge in [-0.1, -0.05) is 6.07 Å². The number of benzene rings is 1. The fourth-order valence-corrected chi connectivity index (χ4v) is 1.65. The Labute approximate surface area is 91.3 Å². The molecule has 2 rings (SSSR count). The topological polar surface area (TPSA) is 57.9 Å². The fraction of sp³-hybridized carbons (Fsp3) is 0.200. The summed E-state index contributed by atoms with van der Waals surface area (Å²) in [7, 11) is 1.38. The molecule has 1 heterocycles. The van der Waals surface area contributed by atoms with Crippen LogP contribution in [0.25, 0.3) is 11.0 Å². The van der Waals surface area contributed by atoms with Crippen LogP contribution in [0.4, 0.5) is 0 Å². The number of carbonyl (C=O) groups excluding carboxylic acids is 1. The SMILES string of the molecule is COC(=O)Cc1ccc2[nH]c(=S)[nH]c2c1. The van der Waals surface area contributed by atoms with Crippen LogP contribution in [0, 0.1) is 4.77 Å². The number of nitrogens with one attached hydrogen (secondary N) is 2. The number of H-pyrrole nitrogens is 2. The van der Waals surface area contributed by atoms with E-state index in [1.807, 2.05) is 18.2 Å². The van der Waals surface area contributed by atoms with Gasteiger partial charge in [-0.25, -0.2) is 0 Å². The Morgan fingerprint density at radius 2 is 2.13 bits per heavy atom. The summed E-state index contributed by atoms with van der Waals surface area (Å²) in [6.07, 6.45) is 0.276. The predicted octanol–water partition coefficient (Wildman–Crippen LogP) is 1.94. The van der Waals surface area contributed by atoms with E-state index >= 15 is 0 Å². The van der Waals surface area contributed by atoms with Gasteiger partial charge >= 0.3 is 5.97 Å². The summed E-state index contributed by atoms with van der Waals surface area (Å²) in [5.74, 6) is -0.247. The highest BCUT2D eigenvalue weighted by Crippen LogP contribution is 2.13. The van der Waals surface area contributed by atoms with Crippen LogP contribution in [-0.4, -0.2) is 23.0 Å². The molecule has 0 aliphatic heterocycles. The molecule has 0 saturated carbocycles. The normalized spacial score (nSPS) is 10.5. The number of hydrogen-bond donors (Lipinski definition) is 2. The number of imidazole rings is 1. The van der Waals surface area contributed by atoms with E-state index in [1.54, 1.807) is 0 Å². The maximum atomic E-state index is 11.1. The predicted molar refractivity (Wildman–Crippen MR) is 59.2 cm³/mol. The zero-order chi connectivity index (χ0) is 10.8. The van der Waals surface area contributed by atoms with E-state index in [0.717, 1.165) is 16.6 Å². The van der Waals surface area contributed by atoms with Crippen LogP contribution in [0.2, 0.25) is 0 Å². The largest absolute Gasteiger partial charge is 0.469 e. The van der Waals surface area contributed by atoms with Crippen molar-refractivity contribution in [3.05, 3.63) is 28.5 Å². The van der Waals surface area contributed by atoms with E-state index in [2.05, 4.69) is 14.7 Å². The van der Waals surface area contributed by atoms with Gasteiger partial charge in [0, 0.05) is 0 Å². The molecule has 0 atom stereocenters. The third-order valence-electron chi connectivity index (χ3n) is 2.16. The number of esters is 1. The number of aromatic nitrogens is 2. The summed E-state index contributed by atoms with van der Waals surface area (Å²) >= 11 is 4.96. The molecule has 0 bridgehead atoms. The Bertz CT molecular complexity index is 556. The number of aromatic amines is 2. The van der Waals surface area contributed by atoms with Gasteiger partial charge in [-0.15, -0.1) is 0 Å². The number of methoxy groups -OCH3 is 1. The maximum absolute atomic E-state index is 11.1. The number of fused-ring (bicyclic) bond motifs is 1. The summed E-state index contributed by atoms with van der Waals surface area (Å²) in [5.41, 5.74) is 2.75. The maximum Gasteiger partial charge on any atom is 0.309 e. The molecule has 78 valence electrons. The standard InChI is InChI=1S/C10H10N2O2S/c1-14-9(13)5-6-2-3-7-8(4-6)12-10(15)11-7/h2-4H,5H2,1H3,(H2,11,12,15). The van der Waals surface area contributed by atoms with Crippen LogP contribution < -0.4 is 0 Å². The second-order valence-electron chi connectivity index (χ2n) is 3.21. The molecule has 2 N–H and O–H groups in total. The average molecular weight is 222 g/mol. The van der Waals surface area contributed by atoms with Gasteiger partial charge in [0.1, 0.15) is 0 Å². The highest BCUT2D eigenvalue weighted by atomic mass is 32.1. The van der Waals surface area contributed by atoms with Gasteiger partial charge < -0.3 is 14.7 Å². The van der Waals surface area contributed by atoms with Crippen molar-refractivity contribution in [3.8, 4) is 0 Å². The van der Waals surface area contributed by atoms with Crippen molar-refractivity contribution in [1.82, 2.24) is 9.97 Å². The van der Waals surface area contributed by atoms with Crippen molar-refractivity contribution < 1.29 is 9.53 Å². The van der Waals surface area contributed by atoms with Crippen LogP contribution >= 0.6 is 12.2 Å². The molecule has 5 heteroatoms. The lowest BCUT2D eigenvalue weighted by Gasteiger charge is -1.99. The minimum Gasteiger partial charge on any atom is -0.469 e. The van der Waals surface area contributed by atoms with Crippen molar-refractivity contribution in [1.29, 1.82) is 0 Å². The molecule has 0 fully saturated rings. The van der Waals surface area contributed by atoms with E-state index in [1.165, 1.54) is 7.11 Å². The Morgan fingerprint density at radius 3 is 2.87 bits per heavy atom. The fourth-order valence-electron chi connectivity index (χ4n) is 1.43. The van der Waals surface area contributed by atoms with E-state index in [9.17, 15) is 4.79 Å². The van der Waals surface area contributed by atoms with E-state index in [-0.39, 0.29) is 12.4 Å². The summed E-state index contributed by atoms with van der Waals surface area (Å²) in [6, 6.07) is 5.65. The monoisotopic (exact) mass is 222 g/mol. The molecule has 0 amide bonds. The van der Waals surface area contributed by atoms with Crippen molar-refractivity contribution in [2.75, 3.05) is 7.11 Å². The number of carbonyl (C=O) groups is 1. The van der Waals surface area contributed by atoms with Gasteiger partial charge in [0.25, 0.3) is 0 Å². The van der Waals surface area contributed by atoms with Gasteiger partial charge in [0.2, 0.25) is 0 Å². The first-order chi connectivity index (χ1) is 7.19. The van der Waals surface area contributed by atoms with Gasteiger partial charge in [0.05, 0.1) is 24.6 Å². The van der Waals surface area contributed by atoms with Crippen LogP contribution in [0.5, 0.6) is 0 Å². The van der Waals surface area contributed by atoms with Crippen molar-refractivity contribution in [2.24, 2.45) is 0 Å². The first-order valence-electron chi connectivity index (χ1n) is 4.47. The second-order valence-corrected chi connectivity index (χ2v) is 3.62. The van der Waals surface area contributed by atoms with Crippen LogP contribution in [0.3, 0.4) is 0 Å². The Balaban J connectivity index is 2.38. The molecule has 0 spiro atoms. The molecular weight excluding hydrogens is 212 g/mol. The summed E-state index contributed by atoms with van der Waals surface area (Å²) in [6.45, 7) is 0. The first kappa shape index (κ1) is 9.92. The highest BCUT2D eigenvalue weighted by Gasteiger charge is 2.04. The third-order valence-corrected chi connectivity index (χ3v) is 2.36. The zero-order valence-corrected chi connectivity index (χ0v) is 8.98. The Morgan fingerprint density at radius 1 is 1.40 bits per heavy atom. The lowest BCUT2D eigenvalue weighted by Crippen LogP contribution is -2.04. The molecule has 0 saturated heterocycles. The summed E-state index contributed by atoms with van der Waals surface area (Å²) < 4.78 is 5.18.